The first-order chi connectivity index (χ1) is 12.4. The monoisotopic (exact) mass is 373 g/mol. The number of aromatic carboxylic acids is 1. The summed E-state index contributed by atoms with van der Waals surface area (Å²) in [5.74, 6) is -1.04. The molecule has 9 heteroatoms. The number of carboxylic acids is 1. The summed E-state index contributed by atoms with van der Waals surface area (Å²) in [6, 6.07) is 9.24. The molecule has 0 fully saturated rings. The number of rotatable bonds is 6. The van der Waals surface area contributed by atoms with E-state index in [4.69, 9.17) is 16.7 Å². The lowest BCUT2D eigenvalue weighted by atomic mass is 10.2. The number of benzene rings is 1. The third kappa shape index (κ3) is 4.09. The summed E-state index contributed by atoms with van der Waals surface area (Å²) in [6.07, 6.45) is 2.49. The standard InChI is InChI=1S/C17H16ClN5O3/c1-11-6-15(21-23(11)9-12-4-2-3-5-14(12)18)20-16(24)10-22-8-13(7-19-22)17(25)26/h2-8H,9-10H2,1H3,(H,25,26)(H,20,21,24). The smallest absolute Gasteiger partial charge is 0.338 e. The van der Waals surface area contributed by atoms with Crippen LogP contribution in [0.15, 0.2) is 42.7 Å². The normalized spacial score (nSPS) is 10.7. The van der Waals surface area contributed by atoms with Gasteiger partial charge in [0.1, 0.15) is 6.54 Å². The van der Waals surface area contributed by atoms with Gasteiger partial charge in [0.25, 0.3) is 0 Å². The van der Waals surface area contributed by atoms with Crippen LogP contribution in [-0.4, -0.2) is 36.5 Å². The quantitative estimate of drug-likeness (QED) is 0.690. The summed E-state index contributed by atoms with van der Waals surface area (Å²) >= 11 is 6.17. The minimum atomic E-state index is -1.09. The van der Waals surface area contributed by atoms with Crippen molar-refractivity contribution in [2.75, 3.05) is 5.32 Å². The molecule has 1 aromatic carbocycles. The van der Waals surface area contributed by atoms with Crippen LogP contribution in [0, 0.1) is 6.92 Å². The Morgan fingerprint density at radius 3 is 2.77 bits per heavy atom. The zero-order chi connectivity index (χ0) is 18.7. The number of nitrogens with zero attached hydrogens (tertiary/aromatic N) is 4. The molecule has 0 aliphatic heterocycles. The molecule has 0 aliphatic carbocycles. The summed E-state index contributed by atoms with van der Waals surface area (Å²) in [5, 5.41) is 20.4. The zero-order valence-corrected chi connectivity index (χ0v) is 14.6. The molecule has 0 radical (unpaired) electrons. The van der Waals surface area contributed by atoms with Crippen molar-refractivity contribution in [1.82, 2.24) is 19.6 Å². The molecule has 0 spiro atoms. The van der Waals surface area contributed by atoms with Crippen molar-refractivity contribution in [3.05, 3.63) is 64.6 Å². The number of amides is 1. The van der Waals surface area contributed by atoms with Gasteiger partial charge in [0, 0.05) is 23.0 Å². The number of hydrogen-bond acceptors (Lipinski definition) is 4. The topological polar surface area (TPSA) is 102 Å². The van der Waals surface area contributed by atoms with Crippen molar-refractivity contribution >= 4 is 29.3 Å². The minimum absolute atomic E-state index is 0.0256. The molecule has 3 rings (SSSR count). The van der Waals surface area contributed by atoms with Crippen LogP contribution in [0.1, 0.15) is 21.6 Å². The Kier molecular flexibility index (Phi) is 5.04. The number of anilines is 1. The molecule has 0 bridgehead atoms. The van der Waals surface area contributed by atoms with Crippen molar-refractivity contribution in [3.63, 3.8) is 0 Å². The van der Waals surface area contributed by atoms with E-state index in [1.165, 1.54) is 17.1 Å². The van der Waals surface area contributed by atoms with Crippen molar-refractivity contribution in [1.29, 1.82) is 0 Å². The first-order valence-electron chi connectivity index (χ1n) is 7.76. The van der Waals surface area contributed by atoms with Gasteiger partial charge in [-0.05, 0) is 18.6 Å². The molecule has 134 valence electrons. The molecular formula is C17H16ClN5O3. The maximum Gasteiger partial charge on any atom is 0.338 e. The number of aromatic nitrogens is 4. The summed E-state index contributed by atoms with van der Waals surface area (Å²) < 4.78 is 3.00. The minimum Gasteiger partial charge on any atom is -0.478 e. The van der Waals surface area contributed by atoms with Crippen molar-refractivity contribution in [3.8, 4) is 0 Å². The summed E-state index contributed by atoms with van der Waals surface area (Å²) in [7, 11) is 0. The highest BCUT2D eigenvalue weighted by Crippen LogP contribution is 2.18. The first kappa shape index (κ1) is 17.7. The number of aryl methyl sites for hydroxylation is 1. The van der Waals surface area contributed by atoms with Crippen LogP contribution in [-0.2, 0) is 17.9 Å². The maximum atomic E-state index is 12.1. The average Bonchev–Trinajstić information content (AvgIpc) is 3.17. The Labute approximate surface area is 154 Å². The van der Waals surface area contributed by atoms with Gasteiger partial charge in [0.05, 0.1) is 18.3 Å². The van der Waals surface area contributed by atoms with Gasteiger partial charge in [-0.3, -0.25) is 14.2 Å². The molecular weight excluding hydrogens is 358 g/mol. The number of nitrogens with one attached hydrogen (secondary N) is 1. The van der Waals surface area contributed by atoms with Gasteiger partial charge in [0.15, 0.2) is 5.82 Å². The van der Waals surface area contributed by atoms with Gasteiger partial charge in [-0.1, -0.05) is 29.8 Å². The number of carboxylic acid groups (broad SMARTS) is 1. The van der Waals surface area contributed by atoms with Crippen LogP contribution in [0.3, 0.4) is 0 Å². The number of halogens is 1. The molecule has 2 heterocycles. The van der Waals surface area contributed by atoms with E-state index in [0.29, 0.717) is 17.4 Å². The Bertz CT molecular complexity index is 963. The van der Waals surface area contributed by atoms with Crippen LogP contribution in [0.4, 0.5) is 5.82 Å². The third-order valence-corrected chi connectivity index (χ3v) is 4.08. The van der Waals surface area contributed by atoms with Crippen LogP contribution < -0.4 is 5.32 Å². The molecule has 26 heavy (non-hydrogen) atoms. The predicted molar refractivity (Wildman–Crippen MR) is 95.3 cm³/mol. The van der Waals surface area contributed by atoms with Crippen molar-refractivity contribution in [2.24, 2.45) is 0 Å². The van der Waals surface area contributed by atoms with E-state index < -0.39 is 5.97 Å². The number of carbonyl (C=O) groups excluding carboxylic acids is 1. The van der Waals surface area contributed by atoms with E-state index in [0.717, 1.165) is 11.3 Å². The van der Waals surface area contributed by atoms with E-state index >= 15 is 0 Å². The van der Waals surface area contributed by atoms with Crippen LogP contribution in [0.2, 0.25) is 5.02 Å². The fourth-order valence-corrected chi connectivity index (χ4v) is 2.60. The van der Waals surface area contributed by atoms with Crippen molar-refractivity contribution in [2.45, 2.75) is 20.0 Å². The van der Waals surface area contributed by atoms with Crippen LogP contribution in [0.25, 0.3) is 0 Å². The average molecular weight is 374 g/mol. The molecule has 0 saturated carbocycles. The van der Waals surface area contributed by atoms with E-state index in [1.807, 2.05) is 31.2 Å². The molecule has 0 saturated heterocycles. The molecule has 0 atom stereocenters. The lowest BCUT2D eigenvalue weighted by Gasteiger charge is -2.06. The summed E-state index contributed by atoms with van der Waals surface area (Å²) in [6.45, 7) is 2.26. The molecule has 1 amide bonds. The lowest BCUT2D eigenvalue weighted by molar-refractivity contribution is -0.116. The second-order valence-corrected chi connectivity index (χ2v) is 6.11. The van der Waals surface area contributed by atoms with Gasteiger partial charge in [-0.25, -0.2) is 4.79 Å². The zero-order valence-electron chi connectivity index (χ0n) is 13.9. The predicted octanol–water partition coefficient (Wildman–Crippen LogP) is 2.43. The highest BCUT2D eigenvalue weighted by atomic mass is 35.5. The first-order valence-corrected chi connectivity index (χ1v) is 8.13. The molecule has 2 N–H and O–H groups in total. The SMILES string of the molecule is Cc1cc(NC(=O)Cn2cc(C(=O)O)cn2)nn1Cc1ccccc1Cl. The fourth-order valence-electron chi connectivity index (χ4n) is 2.41. The highest BCUT2D eigenvalue weighted by molar-refractivity contribution is 6.31. The van der Waals surface area contributed by atoms with E-state index in [2.05, 4.69) is 15.5 Å². The van der Waals surface area contributed by atoms with Crippen molar-refractivity contribution < 1.29 is 14.7 Å². The van der Waals surface area contributed by atoms with Crippen LogP contribution in [0.5, 0.6) is 0 Å². The largest absolute Gasteiger partial charge is 0.478 e. The van der Waals surface area contributed by atoms with E-state index in [9.17, 15) is 9.59 Å². The number of carbonyl (C=O) groups is 2. The maximum absolute atomic E-state index is 12.1. The number of hydrogen-bond donors (Lipinski definition) is 2. The molecule has 0 unspecified atom stereocenters. The Morgan fingerprint density at radius 2 is 2.08 bits per heavy atom. The van der Waals surface area contributed by atoms with E-state index in [1.54, 1.807) is 10.7 Å². The Morgan fingerprint density at radius 1 is 1.31 bits per heavy atom. The summed E-state index contributed by atoms with van der Waals surface area (Å²) in [5.41, 5.74) is 1.82. The highest BCUT2D eigenvalue weighted by Gasteiger charge is 2.12. The molecule has 3 aromatic rings. The van der Waals surface area contributed by atoms with Gasteiger partial charge in [0.2, 0.25) is 5.91 Å². The molecule has 0 aliphatic rings. The lowest BCUT2D eigenvalue weighted by Crippen LogP contribution is -2.19. The third-order valence-electron chi connectivity index (χ3n) is 3.71. The second-order valence-electron chi connectivity index (χ2n) is 5.70. The Hall–Kier alpha value is -3.13. The fraction of sp³-hybridized carbons (Fsp3) is 0.176. The van der Waals surface area contributed by atoms with E-state index in [-0.39, 0.29) is 18.0 Å². The molecule has 2 aromatic heterocycles. The van der Waals surface area contributed by atoms with Gasteiger partial charge in [-0.15, -0.1) is 0 Å². The van der Waals surface area contributed by atoms with Gasteiger partial charge in [-0.2, -0.15) is 10.2 Å². The Balaban J connectivity index is 1.65. The summed E-state index contributed by atoms with van der Waals surface area (Å²) in [4.78, 5) is 22.9. The second kappa shape index (κ2) is 7.40. The van der Waals surface area contributed by atoms with Gasteiger partial charge < -0.3 is 10.4 Å². The van der Waals surface area contributed by atoms with Gasteiger partial charge >= 0.3 is 5.97 Å². The molecule has 8 nitrogen and oxygen atoms in total. The van der Waals surface area contributed by atoms with Crippen LogP contribution >= 0.6 is 11.6 Å².